The lowest BCUT2D eigenvalue weighted by molar-refractivity contribution is 0.0897. The number of nitrogens with zero attached hydrogens (tertiary/aromatic N) is 2. The summed E-state index contributed by atoms with van der Waals surface area (Å²) in [5.74, 6) is 0.488. The Balaban J connectivity index is 1.35. The molecule has 1 fully saturated rings. The predicted octanol–water partition coefficient (Wildman–Crippen LogP) is 2.86. The van der Waals surface area contributed by atoms with Crippen molar-refractivity contribution in [3.63, 3.8) is 0 Å². The van der Waals surface area contributed by atoms with Gasteiger partial charge in [-0.1, -0.05) is 42.5 Å². The number of hydrogen-bond acceptors (Lipinski definition) is 3. The van der Waals surface area contributed by atoms with Crippen LogP contribution < -0.4 is 4.90 Å². The molecule has 1 heterocycles. The van der Waals surface area contributed by atoms with Gasteiger partial charge in [0.05, 0.1) is 0 Å². The number of hydrogen-bond donors (Lipinski definition) is 0. The zero-order valence-corrected chi connectivity index (χ0v) is 13.3. The molecule has 3 nitrogen and oxygen atoms in total. The molecule has 0 radical (unpaired) electrons. The van der Waals surface area contributed by atoms with E-state index in [2.05, 4.69) is 46.2 Å². The number of carbonyl (C=O) groups excluding carboxylic acids is 1. The molecule has 1 atom stereocenters. The molecule has 3 heteroatoms. The fourth-order valence-corrected chi connectivity index (χ4v) is 3.80. The van der Waals surface area contributed by atoms with Crippen LogP contribution in [0.15, 0.2) is 54.6 Å². The van der Waals surface area contributed by atoms with Gasteiger partial charge in [0.1, 0.15) is 0 Å². The third-order valence-electron chi connectivity index (χ3n) is 5.09. The SMILES string of the molecule is O=C1c2ccccc2CC1CN1CCN(c2ccccc2)CC1. The Morgan fingerprint density at radius 1 is 0.870 bits per heavy atom. The van der Waals surface area contributed by atoms with E-state index in [-0.39, 0.29) is 5.92 Å². The number of rotatable bonds is 3. The van der Waals surface area contributed by atoms with Gasteiger partial charge in [0.15, 0.2) is 5.78 Å². The molecule has 23 heavy (non-hydrogen) atoms. The van der Waals surface area contributed by atoms with Crippen molar-refractivity contribution in [1.29, 1.82) is 0 Å². The van der Waals surface area contributed by atoms with Gasteiger partial charge >= 0.3 is 0 Å². The maximum Gasteiger partial charge on any atom is 0.167 e. The van der Waals surface area contributed by atoms with Crippen molar-refractivity contribution in [3.05, 3.63) is 65.7 Å². The molecule has 1 aliphatic carbocycles. The van der Waals surface area contributed by atoms with Crippen molar-refractivity contribution in [2.45, 2.75) is 6.42 Å². The van der Waals surface area contributed by atoms with Crippen LogP contribution in [0.5, 0.6) is 0 Å². The molecule has 0 N–H and O–H groups in total. The van der Waals surface area contributed by atoms with Crippen LogP contribution in [0.25, 0.3) is 0 Å². The molecule has 0 spiro atoms. The number of benzene rings is 2. The molecule has 1 aliphatic heterocycles. The highest BCUT2D eigenvalue weighted by atomic mass is 16.1. The maximum atomic E-state index is 12.5. The van der Waals surface area contributed by atoms with E-state index >= 15 is 0 Å². The van der Waals surface area contributed by atoms with E-state index in [1.165, 1.54) is 11.3 Å². The van der Waals surface area contributed by atoms with Crippen LogP contribution in [-0.2, 0) is 6.42 Å². The highest BCUT2D eigenvalue weighted by Gasteiger charge is 2.32. The Kier molecular flexibility index (Phi) is 3.88. The van der Waals surface area contributed by atoms with E-state index in [1.54, 1.807) is 0 Å². The third-order valence-corrected chi connectivity index (χ3v) is 5.09. The van der Waals surface area contributed by atoms with E-state index in [0.717, 1.165) is 44.7 Å². The molecule has 0 saturated carbocycles. The molecule has 0 amide bonds. The Hall–Kier alpha value is -2.13. The van der Waals surface area contributed by atoms with Gasteiger partial charge in [0.2, 0.25) is 0 Å². The molecular weight excluding hydrogens is 284 g/mol. The Bertz CT molecular complexity index is 690. The molecule has 0 aromatic heterocycles. The minimum atomic E-state index is 0.149. The molecule has 1 saturated heterocycles. The van der Waals surface area contributed by atoms with E-state index in [4.69, 9.17) is 0 Å². The topological polar surface area (TPSA) is 23.6 Å². The Labute approximate surface area is 137 Å². The summed E-state index contributed by atoms with van der Waals surface area (Å²) in [7, 11) is 0. The van der Waals surface area contributed by atoms with Crippen LogP contribution in [0.1, 0.15) is 15.9 Å². The van der Waals surface area contributed by atoms with E-state index in [0.29, 0.717) is 5.78 Å². The van der Waals surface area contributed by atoms with Gasteiger partial charge in [-0.25, -0.2) is 0 Å². The lowest BCUT2D eigenvalue weighted by Gasteiger charge is -2.37. The summed E-state index contributed by atoms with van der Waals surface area (Å²) >= 11 is 0. The average Bonchev–Trinajstić information content (AvgIpc) is 2.93. The van der Waals surface area contributed by atoms with Crippen molar-refractivity contribution in [2.75, 3.05) is 37.6 Å². The summed E-state index contributed by atoms with van der Waals surface area (Å²) < 4.78 is 0. The summed E-state index contributed by atoms with van der Waals surface area (Å²) in [6.07, 6.45) is 0.911. The summed E-state index contributed by atoms with van der Waals surface area (Å²) in [5, 5.41) is 0. The van der Waals surface area contributed by atoms with Crippen molar-refractivity contribution < 1.29 is 4.79 Å². The van der Waals surface area contributed by atoms with Gasteiger partial charge < -0.3 is 4.90 Å². The first-order valence-electron chi connectivity index (χ1n) is 8.46. The van der Waals surface area contributed by atoms with Crippen molar-refractivity contribution in [1.82, 2.24) is 4.90 Å². The molecule has 0 bridgehead atoms. The van der Waals surface area contributed by atoms with Gasteiger partial charge in [0.25, 0.3) is 0 Å². The van der Waals surface area contributed by atoms with E-state index in [9.17, 15) is 4.79 Å². The second kappa shape index (κ2) is 6.17. The molecule has 4 rings (SSSR count). The average molecular weight is 306 g/mol. The fraction of sp³-hybridized carbons (Fsp3) is 0.350. The number of anilines is 1. The summed E-state index contributed by atoms with van der Waals surface area (Å²) in [4.78, 5) is 17.4. The van der Waals surface area contributed by atoms with E-state index < -0.39 is 0 Å². The van der Waals surface area contributed by atoms with Crippen molar-refractivity contribution in [3.8, 4) is 0 Å². The van der Waals surface area contributed by atoms with Crippen LogP contribution in [0, 0.1) is 5.92 Å². The van der Waals surface area contributed by atoms with Crippen LogP contribution in [0.2, 0.25) is 0 Å². The van der Waals surface area contributed by atoms with Crippen molar-refractivity contribution >= 4 is 11.5 Å². The van der Waals surface area contributed by atoms with Gasteiger partial charge in [-0.15, -0.1) is 0 Å². The monoisotopic (exact) mass is 306 g/mol. The molecule has 1 unspecified atom stereocenters. The van der Waals surface area contributed by atoms with Gasteiger partial charge in [0, 0.05) is 49.9 Å². The first-order chi connectivity index (χ1) is 11.3. The number of Topliss-reactive ketones (excluding diaryl/α,β-unsaturated/α-hetero) is 1. The summed E-state index contributed by atoms with van der Waals surface area (Å²) in [6.45, 7) is 5.05. The second-order valence-electron chi connectivity index (χ2n) is 6.55. The van der Waals surface area contributed by atoms with E-state index in [1.807, 2.05) is 18.2 Å². The van der Waals surface area contributed by atoms with Crippen LogP contribution in [-0.4, -0.2) is 43.4 Å². The summed E-state index contributed by atoms with van der Waals surface area (Å²) in [6, 6.07) is 18.7. The Morgan fingerprint density at radius 2 is 1.57 bits per heavy atom. The van der Waals surface area contributed by atoms with Gasteiger partial charge in [-0.05, 0) is 24.1 Å². The number of para-hydroxylation sites is 1. The van der Waals surface area contributed by atoms with Crippen LogP contribution in [0.3, 0.4) is 0 Å². The standard InChI is InChI=1S/C20H22N2O/c23-20-17(14-16-6-4-5-9-19(16)20)15-21-10-12-22(13-11-21)18-7-2-1-3-8-18/h1-9,17H,10-15H2. The maximum absolute atomic E-state index is 12.5. The highest BCUT2D eigenvalue weighted by molar-refractivity contribution is 6.02. The molecule has 2 aromatic carbocycles. The lowest BCUT2D eigenvalue weighted by Crippen LogP contribution is -2.48. The minimum Gasteiger partial charge on any atom is -0.369 e. The number of carbonyl (C=O) groups is 1. The Morgan fingerprint density at radius 3 is 2.30 bits per heavy atom. The third kappa shape index (κ3) is 2.89. The second-order valence-corrected chi connectivity index (χ2v) is 6.55. The highest BCUT2D eigenvalue weighted by Crippen LogP contribution is 2.27. The largest absolute Gasteiger partial charge is 0.369 e. The predicted molar refractivity (Wildman–Crippen MR) is 93.1 cm³/mol. The number of fused-ring (bicyclic) bond motifs is 1. The lowest BCUT2D eigenvalue weighted by atomic mass is 10.0. The first-order valence-corrected chi connectivity index (χ1v) is 8.46. The first kappa shape index (κ1) is 14.5. The minimum absolute atomic E-state index is 0.149. The van der Waals surface area contributed by atoms with Crippen LogP contribution >= 0.6 is 0 Å². The molecule has 2 aliphatic rings. The molecule has 2 aromatic rings. The van der Waals surface area contributed by atoms with Gasteiger partial charge in [-0.2, -0.15) is 0 Å². The molecule has 118 valence electrons. The zero-order chi connectivity index (χ0) is 15.6. The smallest absolute Gasteiger partial charge is 0.167 e. The van der Waals surface area contributed by atoms with Crippen molar-refractivity contribution in [2.24, 2.45) is 5.92 Å². The fourth-order valence-electron chi connectivity index (χ4n) is 3.80. The quantitative estimate of drug-likeness (QED) is 0.871. The number of piperazine rings is 1. The normalized spacial score (nSPS) is 21.5. The number of ketones is 1. The van der Waals surface area contributed by atoms with Crippen LogP contribution in [0.4, 0.5) is 5.69 Å². The zero-order valence-electron chi connectivity index (χ0n) is 13.3. The summed E-state index contributed by atoms with van der Waals surface area (Å²) in [5.41, 5.74) is 3.47. The van der Waals surface area contributed by atoms with Gasteiger partial charge in [-0.3, -0.25) is 9.69 Å². The molecular formula is C20H22N2O.